The van der Waals surface area contributed by atoms with E-state index < -0.39 is 22.3 Å². The Kier molecular flexibility index (Phi) is 4.74. The molecule has 21 heavy (non-hydrogen) atoms. The molecule has 1 aromatic carbocycles. The van der Waals surface area contributed by atoms with Gasteiger partial charge in [-0.15, -0.1) is 0 Å². The number of aromatic hydroxyl groups is 1. The highest BCUT2D eigenvalue weighted by Gasteiger charge is 2.22. The number of para-hydroxylation sites is 1. The molecule has 1 aliphatic heterocycles. The maximum Gasteiger partial charge on any atom is 0.311 e. The number of rotatable bonds is 5. The van der Waals surface area contributed by atoms with Crippen molar-refractivity contribution in [1.82, 2.24) is 10.2 Å². The van der Waals surface area contributed by atoms with E-state index in [-0.39, 0.29) is 11.6 Å². The minimum atomic E-state index is -0.709. The molecule has 2 rings (SSSR count). The molecular formula is C14H19N3O4. The number of hydrogen-bond donors (Lipinski definition) is 2. The lowest BCUT2D eigenvalue weighted by atomic mass is 10.1. The van der Waals surface area contributed by atoms with Gasteiger partial charge in [-0.2, -0.15) is 0 Å². The number of benzene rings is 1. The van der Waals surface area contributed by atoms with E-state index in [1.807, 2.05) is 6.92 Å². The average Bonchev–Trinajstić information content (AvgIpc) is 2.91. The van der Waals surface area contributed by atoms with Crippen molar-refractivity contribution < 1.29 is 14.8 Å². The second kappa shape index (κ2) is 6.53. The number of amides is 1. The Labute approximate surface area is 122 Å². The van der Waals surface area contributed by atoms with Gasteiger partial charge in [0.15, 0.2) is 0 Å². The smallest absolute Gasteiger partial charge is 0.311 e. The maximum atomic E-state index is 12.1. The molecule has 0 aromatic heterocycles. The van der Waals surface area contributed by atoms with E-state index in [1.165, 1.54) is 31.0 Å². The lowest BCUT2D eigenvalue weighted by Gasteiger charge is -2.21. The first-order valence-electron chi connectivity index (χ1n) is 6.98. The molecule has 7 heteroatoms. The third-order valence-electron chi connectivity index (χ3n) is 3.56. The zero-order chi connectivity index (χ0) is 15.4. The zero-order valence-corrected chi connectivity index (χ0v) is 11.9. The monoisotopic (exact) mass is 293 g/mol. The van der Waals surface area contributed by atoms with Crippen LogP contribution in [0.2, 0.25) is 0 Å². The van der Waals surface area contributed by atoms with Gasteiger partial charge in [0.2, 0.25) is 5.75 Å². The van der Waals surface area contributed by atoms with Crippen LogP contribution in [0, 0.1) is 10.1 Å². The summed E-state index contributed by atoms with van der Waals surface area (Å²) in [6.07, 6.45) is 2.35. The van der Waals surface area contributed by atoms with Crippen molar-refractivity contribution in [2.24, 2.45) is 0 Å². The quantitative estimate of drug-likeness (QED) is 0.634. The van der Waals surface area contributed by atoms with Crippen molar-refractivity contribution in [3.05, 3.63) is 33.9 Å². The number of carbonyl (C=O) groups is 1. The van der Waals surface area contributed by atoms with Gasteiger partial charge in [0.05, 0.1) is 10.5 Å². The Morgan fingerprint density at radius 3 is 2.76 bits per heavy atom. The van der Waals surface area contributed by atoms with Gasteiger partial charge in [0.25, 0.3) is 5.91 Å². The van der Waals surface area contributed by atoms with Crippen molar-refractivity contribution in [3.8, 4) is 5.75 Å². The molecule has 7 nitrogen and oxygen atoms in total. The molecule has 1 aliphatic rings. The average molecular weight is 293 g/mol. The molecule has 0 spiro atoms. The molecule has 1 aromatic rings. The fourth-order valence-corrected chi connectivity index (χ4v) is 2.56. The van der Waals surface area contributed by atoms with Crippen LogP contribution in [0.5, 0.6) is 5.75 Å². The third kappa shape index (κ3) is 3.69. The van der Waals surface area contributed by atoms with E-state index in [9.17, 15) is 20.0 Å². The standard InChI is InChI=1S/C14H19N3O4/c1-10(9-16-7-2-3-8-16)15-14(19)11-5-4-6-12(13(11)18)17(20)21/h4-6,10,18H,2-3,7-9H2,1H3,(H,15,19). The largest absolute Gasteiger partial charge is 0.502 e. The van der Waals surface area contributed by atoms with Crippen molar-refractivity contribution in [2.75, 3.05) is 19.6 Å². The molecule has 1 saturated heterocycles. The van der Waals surface area contributed by atoms with Gasteiger partial charge < -0.3 is 15.3 Å². The van der Waals surface area contributed by atoms with Crippen LogP contribution in [0.4, 0.5) is 5.69 Å². The molecule has 0 bridgehead atoms. The molecule has 1 amide bonds. The van der Waals surface area contributed by atoms with E-state index in [4.69, 9.17) is 0 Å². The van der Waals surface area contributed by atoms with E-state index in [2.05, 4.69) is 10.2 Å². The van der Waals surface area contributed by atoms with Gasteiger partial charge in [-0.25, -0.2) is 0 Å². The molecule has 0 radical (unpaired) electrons. The van der Waals surface area contributed by atoms with Crippen molar-refractivity contribution in [2.45, 2.75) is 25.8 Å². The lowest BCUT2D eigenvalue weighted by molar-refractivity contribution is -0.385. The van der Waals surface area contributed by atoms with Crippen LogP contribution in [0.15, 0.2) is 18.2 Å². The Hall–Kier alpha value is -2.15. The highest BCUT2D eigenvalue weighted by Crippen LogP contribution is 2.29. The Morgan fingerprint density at radius 1 is 1.48 bits per heavy atom. The van der Waals surface area contributed by atoms with Crippen LogP contribution >= 0.6 is 0 Å². The number of hydrogen-bond acceptors (Lipinski definition) is 5. The summed E-state index contributed by atoms with van der Waals surface area (Å²) in [7, 11) is 0. The summed E-state index contributed by atoms with van der Waals surface area (Å²) in [5.74, 6) is -1.09. The molecule has 2 N–H and O–H groups in total. The van der Waals surface area contributed by atoms with Crippen molar-refractivity contribution in [3.63, 3.8) is 0 Å². The number of nitrogens with zero attached hydrogens (tertiary/aromatic N) is 2. The number of nitro benzene ring substituents is 1. The van der Waals surface area contributed by atoms with E-state index in [0.717, 1.165) is 19.6 Å². The normalized spacial score (nSPS) is 16.6. The summed E-state index contributed by atoms with van der Waals surface area (Å²) in [5.41, 5.74) is -0.535. The van der Waals surface area contributed by atoms with Crippen molar-refractivity contribution in [1.29, 1.82) is 0 Å². The Morgan fingerprint density at radius 2 is 2.14 bits per heavy atom. The predicted octanol–water partition coefficient (Wildman–Crippen LogP) is 1.51. The molecule has 0 aliphatic carbocycles. The summed E-state index contributed by atoms with van der Waals surface area (Å²) < 4.78 is 0. The maximum absolute atomic E-state index is 12.1. The van der Waals surface area contributed by atoms with E-state index in [1.54, 1.807) is 0 Å². The number of likely N-dealkylation sites (tertiary alicyclic amines) is 1. The molecule has 0 saturated carbocycles. The Bertz CT molecular complexity index is 541. The molecule has 1 atom stereocenters. The lowest BCUT2D eigenvalue weighted by Crippen LogP contribution is -2.41. The SMILES string of the molecule is CC(CN1CCCC1)NC(=O)c1cccc([N+](=O)[O-])c1O. The second-order valence-corrected chi connectivity index (χ2v) is 5.31. The van der Waals surface area contributed by atoms with Gasteiger partial charge in [-0.3, -0.25) is 14.9 Å². The first-order chi connectivity index (χ1) is 9.99. The summed E-state index contributed by atoms with van der Waals surface area (Å²) in [6, 6.07) is 3.84. The number of phenols is 1. The van der Waals surface area contributed by atoms with E-state index >= 15 is 0 Å². The fraction of sp³-hybridized carbons (Fsp3) is 0.500. The highest BCUT2D eigenvalue weighted by atomic mass is 16.6. The summed E-state index contributed by atoms with van der Waals surface area (Å²) in [4.78, 5) is 24.4. The van der Waals surface area contributed by atoms with Crippen LogP contribution in [0.25, 0.3) is 0 Å². The highest BCUT2D eigenvalue weighted by molar-refractivity contribution is 5.98. The number of nitro groups is 1. The fourth-order valence-electron chi connectivity index (χ4n) is 2.56. The molecule has 1 fully saturated rings. The Balaban J connectivity index is 2.02. The van der Waals surface area contributed by atoms with Crippen LogP contribution < -0.4 is 5.32 Å². The van der Waals surface area contributed by atoms with E-state index in [0.29, 0.717) is 0 Å². The summed E-state index contributed by atoms with van der Waals surface area (Å²) in [5, 5.41) is 23.3. The van der Waals surface area contributed by atoms with Gasteiger partial charge in [0, 0.05) is 18.7 Å². The van der Waals surface area contributed by atoms with Gasteiger partial charge >= 0.3 is 5.69 Å². The van der Waals surface area contributed by atoms with Crippen LogP contribution in [-0.2, 0) is 0 Å². The summed E-state index contributed by atoms with van der Waals surface area (Å²) >= 11 is 0. The number of nitrogens with one attached hydrogen (secondary N) is 1. The van der Waals surface area contributed by atoms with Gasteiger partial charge in [0.1, 0.15) is 0 Å². The first-order valence-corrected chi connectivity index (χ1v) is 6.98. The van der Waals surface area contributed by atoms with Crippen molar-refractivity contribution >= 4 is 11.6 Å². The van der Waals surface area contributed by atoms with Crippen LogP contribution in [-0.4, -0.2) is 46.5 Å². The molecule has 114 valence electrons. The van der Waals surface area contributed by atoms with Crippen LogP contribution in [0.3, 0.4) is 0 Å². The minimum absolute atomic E-state index is 0.0718. The zero-order valence-electron chi connectivity index (χ0n) is 11.9. The van der Waals surface area contributed by atoms with Gasteiger partial charge in [-0.1, -0.05) is 6.07 Å². The second-order valence-electron chi connectivity index (χ2n) is 5.31. The summed E-state index contributed by atoms with van der Waals surface area (Å²) in [6.45, 7) is 4.68. The first kappa shape index (κ1) is 15.2. The molecular weight excluding hydrogens is 274 g/mol. The van der Waals surface area contributed by atoms with Crippen LogP contribution in [0.1, 0.15) is 30.1 Å². The molecule has 1 unspecified atom stereocenters. The molecule has 1 heterocycles. The topological polar surface area (TPSA) is 95.7 Å². The van der Waals surface area contributed by atoms with Gasteiger partial charge in [-0.05, 0) is 38.9 Å². The number of phenolic OH excluding ortho intramolecular Hbond substituents is 1. The minimum Gasteiger partial charge on any atom is -0.502 e. The third-order valence-corrected chi connectivity index (χ3v) is 3.56. The predicted molar refractivity (Wildman–Crippen MR) is 77.4 cm³/mol. The number of carbonyl (C=O) groups excluding carboxylic acids is 1.